The van der Waals surface area contributed by atoms with Gasteiger partial charge in [-0.1, -0.05) is 30.7 Å². The summed E-state index contributed by atoms with van der Waals surface area (Å²) in [6.07, 6.45) is 0.862. The molecular weight excluding hydrogens is 410 g/mol. The Morgan fingerprint density at radius 3 is 2.78 bits per heavy atom. The molecule has 1 heterocycles. The average Bonchev–Trinajstić information content (AvgIpc) is 2.90. The molecule has 1 amide bonds. The van der Waals surface area contributed by atoms with Crippen molar-refractivity contribution < 1.29 is 14.6 Å². The predicted molar refractivity (Wildman–Crippen MR) is 108 cm³/mol. The van der Waals surface area contributed by atoms with E-state index in [0.717, 1.165) is 27.4 Å². The highest BCUT2D eigenvalue weighted by atomic mass is 79.9. The lowest BCUT2D eigenvalue weighted by Crippen LogP contribution is -2.08. The Kier molecular flexibility index (Phi) is 5.91. The number of carbonyl (C=O) groups is 1. The zero-order valence-electron chi connectivity index (χ0n) is 15.1. The fourth-order valence-electron chi connectivity index (χ4n) is 2.82. The molecule has 0 aliphatic rings. The molecule has 0 fully saturated rings. The number of ether oxygens (including phenoxy) is 1. The molecule has 27 heavy (non-hydrogen) atoms. The third kappa shape index (κ3) is 4.19. The van der Waals surface area contributed by atoms with Crippen molar-refractivity contribution in [2.45, 2.75) is 26.8 Å². The lowest BCUT2D eigenvalue weighted by Gasteiger charge is -2.04. The summed E-state index contributed by atoms with van der Waals surface area (Å²) < 4.78 is 7.99. The number of azo groups is 1. The molecule has 0 spiro atoms. The summed E-state index contributed by atoms with van der Waals surface area (Å²) >= 11 is 3.36. The minimum Gasteiger partial charge on any atom is -0.493 e. The summed E-state index contributed by atoms with van der Waals surface area (Å²) in [7, 11) is 0. The Balaban J connectivity index is 1.83. The summed E-state index contributed by atoms with van der Waals surface area (Å²) in [5.41, 5.74) is 2.21. The SMILES string of the molecule is CCCn1c(O)c(N=NC(=O)COc2ccccc2Br)c2cc(C)ccc21. The van der Waals surface area contributed by atoms with Crippen LogP contribution in [0.4, 0.5) is 5.69 Å². The quantitative estimate of drug-likeness (QED) is 0.524. The van der Waals surface area contributed by atoms with Crippen LogP contribution in [-0.2, 0) is 11.3 Å². The Morgan fingerprint density at radius 1 is 1.26 bits per heavy atom. The van der Waals surface area contributed by atoms with E-state index in [2.05, 4.69) is 26.2 Å². The first kappa shape index (κ1) is 19.1. The first-order chi connectivity index (χ1) is 13.0. The molecule has 0 unspecified atom stereocenters. The van der Waals surface area contributed by atoms with Crippen LogP contribution in [0, 0.1) is 6.92 Å². The van der Waals surface area contributed by atoms with E-state index in [1.807, 2.05) is 50.2 Å². The Morgan fingerprint density at radius 2 is 2.04 bits per heavy atom. The summed E-state index contributed by atoms with van der Waals surface area (Å²) in [6, 6.07) is 13.1. The van der Waals surface area contributed by atoms with Gasteiger partial charge >= 0.3 is 5.91 Å². The number of carbonyl (C=O) groups excluding carboxylic acids is 1. The van der Waals surface area contributed by atoms with Crippen molar-refractivity contribution in [3.8, 4) is 11.6 Å². The van der Waals surface area contributed by atoms with Crippen molar-refractivity contribution in [1.29, 1.82) is 0 Å². The molecule has 6 nitrogen and oxygen atoms in total. The van der Waals surface area contributed by atoms with Crippen molar-refractivity contribution >= 4 is 38.4 Å². The third-order valence-electron chi connectivity index (χ3n) is 4.06. The number of nitrogens with zero attached hydrogens (tertiary/aromatic N) is 3. The van der Waals surface area contributed by atoms with Crippen LogP contribution in [-0.4, -0.2) is 22.2 Å². The number of aromatic nitrogens is 1. The summed E-state index contributed by atoms with van der Waals surface area (Å²) in [5.74, 6) is 0.0361. The largest absolute Gasteiger partial charge is 0.493 e. The number of fused-ring (bicyclic) bond motifs is 1. The molecule has 0 saturated carbocycles. The number of halogens is 1. The second-order valence-electron chi connectivity index (χ2n) is 6.16. The molecule has 0 atom stereocenters. The fraction of sp³-hybridized carbons (Fsp3) is 0.250. The van der Waals surface area contributed by atoms with Crippen LogP contribution in [0.5, 0.6) is 11.6 Å². The third-order valence-corrected chi connectivity index (χ3v) is 4.72. The van der Waals surface area contributed by atoms with Crippen molar-refractivity contribution in [2.24, 2.45) is 10.2 Å². The minimum absolute atomic E-state index is 0.0146. The highest BCUT2D eigenvalue weighted by Crippen LogP contribution is 2.39. The van der Waals surface area contributed by atoms with Gasteiger partial charge in [-0.05, 0) is 53.5 Å². The summed E-state index contributed by atoms with van der Waals surface area (Å²) in [5, 5.41) is 19.1. The van der Waals surface area contributed by atoms with E-state index >= 15 is 0 Å². The maximum absolute atomic E-state index is 12.1. The van der Waals surface area contributed by atoms with Gasteiger partial charge in [-0.15, -0.1) is 10.2 Å². The van der Waals surface area contributed by atoms with Crippen molar-refractivity contribution in [3.05, 3.63) is 52.5 Å². The number of aryl methyl sites for hydroxylation is 2. The van der Waals surface area contributed by atoms with E-state index in [4.69, 9.17) is 4.74 Å². The minimum atomic E-state index is -0.533. The normalized spacial score (nSPS) is 11.4. The van der Waals surface area contributed by atoms with Crippen LogP contribution >= 0.6 is 15.9 Å². The summed E-state index contributed by atoms with van der Waals surface area (Å²) in [4.78, 5) is 12.1. The number of amides is 1. The number of hydrogen-bond donors (Lipinski definition) is 1. The standard InChI is InChI=1S/C20H20BrN3O3/c1-3-10-24-16-9-8-13(2)11-14(16)19(20(24)26)23-22-18(25)12-27-17-7-5-4-6-15(17)21/h4-9,11,26H,3,10,12H2,1-2H3. The average molecular weight is 430 g/mol. The van der Waals surface area contributed by atoms with Gasteiger partial charge in [-0.3, -0.25) is 4.79 Å². The van der Waals surface area contributed by atoms with E-state index in [-0.39, 0.29) is 12.5 Å². The van der Waals surface area contributed by atoms with Gasteiger partial charge in [0.25, 0.3) is 0 Å². The molecule has 2 aromatic carbocycles. The van der Waals surface area contributed by atoms with Gasteiger partial charge in [0.15, 0.2) is 12.3 Å². The van der Waals surface area contributed by atoms with Gasteiger partial charge in [-0.2, -0.15) is 0 Å². The van der Waals surface area contributed by atoms with Gasteiger partial charge in [0.1, 0.15) is 5.75 Å². The van der Waals surface area contributed by atoms with E-state index in [1.165, 1.54) is 0 Å². The fourth-order valence-corrected chi connectivity index (χ4v) is 3.22. The molecule has 0 radical (unpaired) electrons. The van der Waals surface area contributed by atoms with Crippen molar-refractivity contribution in [2.75, 3.05) is 6.61 Å². The van der Waals surface area contributed by atoms with Gasteiger partial charge in [0.2, 0.25) is 5.88 Å². The molecule has 0 aliphatic heterocycles. The van der Waals surface area contributed by atoms with E-state index in [0.29, 0.717) is 18.0 Å². The number of aromatic hydroxyl groups is 1. The monoisotopic (exact) mass is 429 g/mol. The van der Waals surface area contributed by atoms with Crippen LogP contribution < -0.4 is 4.74 Å². The molecular formula is C20H20BrN3O3. The zero-order chi connectivity index (χ0) is 19.4. The Labute approximate surface area is 165 Å². The van der Waals surface area contributed by atoms with Gasteiger partial charge in [0.05, 0.1) is 9.99 Å². The van der Waals surface area contributed by atoms with Gasteiger partial charge in [0, 0.05) is 11.9 Å². The van der Waals surface area contributed by atoms with Crippen LogP contribution in [0.2, 0.25) is 0 Å². The zero-order valence-corrected chi connectivity index (χ0v) is 16.7. The van der Waals surface area contributed by atoms with E-state index in [1.54, 1.807) is 10.6 Å². The number of rotatable bonds is 6. The maximum Gasteiger partial charge on any atom is 0.302 e. The maximum atomic E-state index is 12.1. The van der Waals surface area contributed by atoms with Crippen LogP contribution in [0.25, 0.3) is 10.9 Å². The molecule has 0 aliphatic carbocycles. The highest BCUT2D eigenvalue weighted by Gasteiger charge is 2.16. The number of benzene rings is 2. The molecule has 1 N–H and O–H groups in total. The highest BCUT2D eigenvalue weighted by molar-refractivity contribution is 9.10. The lowest BCUT2D eigenvalue weighted by molar-refractivity contribution is -0.120. The topological polar surface area (TPSA) is 76.2 Å². The molecule has 0 saturated heterocycles. The van der Waals surface area contributed by atoms with Crippen LogP contribution in [0.1, 0.15) is 18.9 Å². The van der Waals surface area contributed by atoms with Gasteiger partial charge < -0.3 is 14.4 Å². The van der Waals surface area contributed by atoms with Crippen molar-refractivity contribution in [3.63, 3.8) is 0 Å². The first-order valence-corrected chi connectivity index (χ1v) is 9.44. The van der Waals surface area contributed by atoms with E-state index in [9.17, 15) is 9.90 Å². The molecule has 3 aromatic rings. The molecule has 140 valence electrons. The Bertz CT molecular complexity index is 1010. The summed E-state index contributed by atoms with van der Waals surface area (Å²) in [6.45, 7) is 4.41. The first-order valence-electron chi connectivity index (χ1n) is 8.65. The van der Waals surface area contributed by atoms with Crippen LogP contribution in [0.15, 0.2) is 57.2 Å². The second kappa shape index (κ2) is 8.35. The van der Waals surface area contributed by atoms with Gasteiger partial charge in [-0.25, -0.2) is 0 Å². The Hall–Kier alpha value is -2.67. The van der Waals surface area contributed by atoms with Crippen molar-refractivity contribution in [1.82, 2.24) is 4.57 Å². The van der Waals surface area contributed by atoms with E-state index < -0.39 is 5.91 Å². The molecule has 3 rings (SSSR count). The molecule has 7 heteroatoms. The molecule has 0 bridgehead atoms. The lowest BCUT2D eigenvalue weighted by atomic mass is 10.1. The second-order valence-corrected chi connectivity index (χ2v) is 7.01. The smallest absolute Gasteiger partial charge is 0.302 e. The van der Waals surface area contributed by atoms with Crippen LogP contribution in [0.3, 0.4) is 0 Å². The number of hydrogen-bond acceptors (Lipinski definition) is 4. The number of para-hydroxylation sites is 1. The molecule has 1 aromatic heterocycles. The predicted octanol–water partition coefficient (Wildman–Crippen LogP) is 5.52.